The van der Waals surface area contributed by atoms with E-state index >= 15 is 0 Å². The number of nitrogens with one attached hydrogen (secondary N) is 1. The fourth-order valence-corrected chi connectivity index (χ4v) is 2.92. The molecule has 2 heterocycles. The van der Waals surface area contributed by atoms with Gasteiger partial charge in [-0.05, 0) is 29.8 Å². The number of carbonyl (C=O) groups is 1. The molecule has 2 aromatic carbocycles. The summed E-state index contributed by atoms with van der Waals surface area (Å²) in [5, 5.41) is 4.07. The van der Waals surface area contributed by atoms with Crippen LogP contribution < -0.4 is 5.32 Å². The molecule has 0 aliphatic heterocycles. The number of rotatable bonds is 4. The summed E-state index contributed by atoms with van der Waals surface area (Å²) in [6, 6.07) is 26.6. The smallest absolute Gasteiger partial charge is 0.270 e. The van der Waals surface area contributed by atoms with E-state index in [2.05, 4.69) is 15.3 Å². The van der Waals surface area contributed by atoms with Gasteiger partial charge in [-0.15, -0.1) is 0 Å². The molecule has 0 spiro atoms. The van der Waals surface area contributed by atoms with Crippen molar-refractivity contribution >= 4 is 16.8 Å². The van der Waals surface area contributed by atoms with Crippen LogP contribution in [0.5, 0.6) is 0 Å². The van der Waals surface area contributed by atoms with E-state index in [0.717, 1.165) is 22.2 Å². The highest BCUT2D eigenvalue weighted by Gasteiger charge is 2.19. The van der Waals surface area contributed by atoms with E-state index in [9.17, 15) is 4.79 Å². The van der Waals surface area contributed by atoms with Gasteiger partial charge < -0.3 is 5.32 Å². The lowest BCUT2D eigenvalue weighted by Gasteiger charge is -2.18. The van der Waals surface area contributed by atoms with Gasteiger partial charge in [0, 0.05) is 11.6 Å². The summed E-state index contributed by atoms with van der Waals surface area (Å²) >= 11 is 0. The molecule has 0 fully saturated rings. The highest BCUT2D eigenvalue weighted by molar-refractivity contribution is 5.95. The van der Waals surface area contributed by atoms with Crippen molar-refractivity contribution in [2.45, 2.75) is 6.04 Å². The summed E-state index contributed by atoms with van der Waals surface area (Å²) in [6.45, 7) is 0. The van der Waals surface area contributed by atoms with Crippen LogP contribution in [-0.2, 0) is 0 Å². The number of carbonyl (C=O) groups excluding carboxylic acids is 1. The minimum absolute atomic E-state index is 0.227. The number of benzene rings is 2. The Morgan fingerprint density at radius 3 is 2.38 bits per heavy atom. The van der Waals surface area contributed by atoms with Crippen LogP contribution in [0.3, 0.4) is 0 Å². The first kappa shape index (κ1) is 16.0. The zero-order chi connectivity index (χ0) is 17.8. The molecule has 1 N–H and O–H groups in total. The van der Waals surface area contributed by atoms with Crippen LogP contribution in [0, 0.1) is 0 Å². The van der Waals surface area contributed by atoms with Crippen LogP contribution in [0.1, 0.15) is 27.8 Å². The van der Waals surface area contributed by atoms with Gasteiger partial charge in [-0.2, -0.15) is 0 Å². The SMILES string of the molecule is O=C(NC(c1ccccc1)c1ccccn1)c1ccc2ccccc2n1. The topological polar surface area (TPSA) is 54.9 Å². The van der Waals surface area contributed by atoms with E-state index in [4.69, 9.17) is 0 Å². The molecule has 4 nitrogen and oxygen atoms in total. The minimum Gasteiger partial charge on any atom is -0.338 e. The van der Waals surface area contributed by atoms with E-state index in [-0.39, 0.29) is 11.9 Å². The predicted molar refractivity (Wildman–Crippen MR) is 102 cm³/mol. The molecule has 126 valence electrons. The van der Waals surface area contributed by atoms with Gasteiger partial charge in [-0.25, -0.2) is 4.98 Å². The van der Waals surface area contributed by atoms with Gasteiger partial charge in [0.05, 0.1) is 17.3 Å². The van der Waals surface area contributed by atoms with E-state index in [1.165, 1.54) is 0 Å². The second-order valence-electron chi connectivity index (χ2n) is 5.96. The number of amides is 1. The molecule has 0 saturated carbocycles. The molecule has 4 aromatic rings. The second-order valence-corrected chi connectivity index (χ2v) is 5.96. The lowest BCUT2D eigenvalue weighted by Crippen LogP contribution is -2.30. The molecule has 0 bridgehead atoms. The zero-order valence-electron chi connectivity index (χ0n) is 14.0. The van der Waals surface area contributed by atoms with Crippen molar-refractivity contribution < 1.29 is 4.79 Å². The Labute approximate surface area is 151 Å². The molecule has 0 aliphatic rings. The van der Waals surface area contributed by atoms with Crippen molar-refractivity contribution in [3.05, 3.63) is 108 Å². The third kappa shape index (κ3) is 3.30. The molecule has 4 heteroatoms. The molecule has 4 rings (SSSR count). The standard InChI is InChI=1S/C22H17N3O/c26-22(20-14-13-16-8-4-5-11-18(16)24-20)25-21(17-9-2-1-3-10-17)19-12-6-7-15-23-19/h1-15,21H,(H,25,26). The summed E-state index contributed by atoms with van der Waals surface area (Å²) in [5.74, 6) is -0.227. The third-order valence-electron chi connectivity index (χ3n) is 4.22. The number of hydrogen-bond acceptors (Lipinski definition) is 3. The van der Waals surface area contributed by atoms with Crippen molar-refractivity contribution in [1.82, 2.24) is 15.3 Å². The molecule has 1 atom stereocenters. The van der Waals surface area contributed by atoms with Gasteiger partial charge in [0.15, 0.2) is 0 Å². The maximum absolute atomic E-state index is 12.8. The highest BCUT2D eigenvalue weighted by Crippen LogP contribution is 2.21. The van der Waals surface area contributed by atoms with Gasteiger partial charge in [0.2, 0.25) is 0 Å². The molecule has 0 saturated heterocycles. The summed E-state index contributed by atoms with van der Waals surface area (Å²) < 4.78 is 0. The Hall–Kier alpha value is -3.53. The van der Waals surface area contributed by atoms with Gasteiger partial charge in [0.25, 0.3) is 5.91 Å². The summed E-state index contributed by atoms with van der Waals surface area (Å²) in [7, 11) is 0. The zero-order valence-corrected chi connectivity index (χ0v) is 14.0. The second kappa shape index (κ2) is 7.15. The average Bonchev–Trinajstić information content (AvgIpc) is 2.72. The molecule has 1 unspecified atom stereocenters. The first-order valence-corrected chi connectivity index (χ1v) is 8.44. The Balaban J connectivity index is 1.67. The number of hydrogen-bond donors (Lipinski definition) is 1. The highest BCUT2D eigenvalue weighted by atomic mass is 16.1. The number of aromatic nitrogens is 2. The summed E-state index contributed by atoms with van der Waals surface area (Å²) in [4.78, 5) is 21.7. The number of fused-ring (bicyclic) bond motifs is 1. The van der Waals surface area contributed by atoms with Crippen LogP contribution in [0.15, 0.2) is 91.1 Å². The average molecular weight is 339 g/mol. The lowest BCUT2D eigenvalue weighted by atomic mass is 10.0. The van der Waals surface area contributed by atoms with Gasteiger partial charge in [-0.1, -0.05) is 60.7 Å². The molecular weight excluding hydrogens is 322 g/mol. The quantitative estimate of drug-likeness (QED) is 0.608. The Morgan fingerprint density at radius 2 is 1.58 bits per heavy atom. The van der Waals surface area contributed by atoms with Crippen LogP contribution in [-0.4, -0.2) is 15.9 Å². The van der Waals surface area contributed by atoms with E-state index in [1.807, 2.05) is 78.9 Å². The fraction of sp³-hybridized carbons (Fsp3) is 0.0455. The molecule has 26 heavy (non-hydrogen) atoms. The van der Waals surface area contributed by atoms with Crippen molar-refractivity contribution in [2.24, 2.45) is 0 Å². The molecular formula is C22H17N3O. The van der Waals surface area contributed by atoms with Crippen LogP contribution in [0.25, 0.3) is 10.9 Å². The van der Waals surface area contributed by atoms with Crippen LogP contribution in [0.4, 0.5) is 0 Å². The largest absolute Gasteiger partial charge is 0.338 e. The number of para-hydroxylation sites is 1. The monoisotopic (exact) mass is 339 g/mol. The number of nitrogens with zero attached hydrogens (tertiary/aromatic N) is 2. The van der Waals surface area contributed by atoms with E-state index in [1.54, 1.807) is 12.3 Å². The Bertz CT molecular complexity index is 993. The molecule has 2 aromatic heterocycles. The third-order valence-corrected chi connectivity index (χ3v) is 4.22. The fourth-order valence-electron chi connectivity index (χ4n) is 2.92. The Morgan fingerprint density at radius 1 is 0.808 bits per heavy atom. The summed E-state index contributed by atoms with van der Waals surface area (Å²) in [5.41, 5.74) is 2.95. The number of pyridine rings is 2. The Kier molecular flexibility index (Phi) is 4.39. The first-order chi connectivity index (χ1) is 12.8. The van der Waals surface area contributed by atoms with Crippen molar-refractivity contribution in [1.29, 1.82) is 0 Å². The van der Waals surface area contributed by atoms with E-state index < -0.39 is 0 Å². The van der Waals surface area contributed by atoms with Gasteiger partial charge in [0.1, 0.15) is 5.69 Å². The van der Waals surface area contributed by atoms with Crippen molar-refractivity contribution in [3.8, 4) is 0 Å². The van der Waals surface area contributed by atoms with Gasteiger partial charge in [-0.3, -0.25) is 9.78 Å². The van der Waals surface area contributed by atoms with Crippen molar-refractivity contribution in [2.75, 3.05) is 0 Å². The molecule has 0 aliphatic carbocycles. The molecule has 1 amide bonds. The summed E-state index contributed by atoms with van der Waals surface area (Å²) in [6.07, 6.45) is 1.73. The maximum Gasteiger partial charge on any atom is 0.270 e. The van der Waals surface area contributed by atoms with Crippen LogP contribution in [0.2, 0.25) is 0 Å². The van der Waals surface area contributed by atoms with Crippen molar-refractivity contribution in [3.63, 3.8) is 0 Å². The minimum atomic E-state index is -0.335. The van der Waals surface area contributed by atoms with Crippen LogP contribution >= 0.6 is 0 Å². The van der Waals surface area contributed by atoms with E-state index in [0.29, 0.717) is 5.69 Å². The lowest BCUT2D eigenvalue weighted by molar-refractivity contribution is 0.0937. The first-order valence-electron chi connectivity index (χ1n) is 8.44. The maximum atomic E-state index is 12.8. The normalized spacial score (nSPS) is 11.8. The molecule has 0 radical (unpaired) electrons. The predicted octanol–water partition coefficient (Wildman–Crippen LogP) is 4.15. The van der Waals surface area contributed by atoms with Gasteiger partial charge >= 0.3 is 0 Å².